The predicted molar refractivity (Wildman–Crippen MR) is 108 cm³/mol. The molecule has 0 radical (unpaired) electrons. The summed E-state index contributed by atoms with van der Waals surface area (Å²) in [4.78, 5) is 16.9. The maximum Gasteiger partial charge on any atom is 0.244 e. The molecular formula is C17H33Cl2N5O2. The van der Waals surface area contributed by atoms with Crippen molar-refractivity contribution in [3.63, 3.8) is 0 Å². The minimum atomic E-state index is -0.348. The van der Waals surface area contributed by atoms with Gasteiger partial charge in [-0.25, -0.2) is 0 Å². The number of aryl methyl sites for hydroxylation is 1. The average Bonchev–Trinajstić information content (AvgIpc) is 2.95. The van der Waals surface area contributed by atoms with Crippen LogP contribution in [0.15, 0.2) is 12.4 Å². The first-order chi connectivity index (χ1) is 11.4. The summed E-state index contributed by atoms with van der Waals surface area (Å²) in [6.07, 6.45) is 5.48. The van der Waals surface area contributed by atoms with Crippen LogP contribution in [0.2, 0.25) is 0 Å². The highest BCUT2D eigenvalue weighted by Crippen LogP contribution is 2.20. The van der Waals surface area contributed by atoms with E-state index in [1.165, 1.54) is 0 Å². The van der Waals surface area contributed by atoms with Crippen molar-refractivity contribution in [2.24, 2.45) is 13.0 Å². The van der Waals surface area contributed by atoms with Crippen molar-refractivity contribution >= 4 is 30.7 Å². The summed E-state index contributed by atoms with van der Waals surface area (Å²) < 4.78 is 1.71. The minimum Gasteiger partial charge on any atom is -0.392 e. The Hall–Kier alpha value is -0.860. The molecule has 1 aromatic rings. The van der Waals surface area contributed by atoms with E-state index in [4.69, 9.17) is 0 Å². The van der Waals surface area contributed by atoms with E-state index in [0.29, 0.717) is 5.92 Å². The van der Waals surface area contributed by atoms with Gasteiger partial charge in [0.1, 0.15) is 6.04 Å². The fourth-order valence-electron chi connectivity index (χ4n) is 3.44. The van der Waals surface area contributed by atoms with Crippen LogP contribution in [0.5, 0.6) is 0 Å². The van der Waals surface area contributed by atoms with Crippen LogP contribution in [0.1, 0.15) is 31.4 Å². The van der Waals surface area contributed by atoms with Crippen LogP contribution in [0.4, 0.5) is 0 Å². The number of nitrogens with one attached hydrogen (secondary N) is 1. The van der Waals surface area contributed by atoms with E-state index in [2.05, 4.69) is 15.3 Å². The van der Waals surface area contributed by atoms with Crippen molar-refractivity contribution in [1.29, 1.82) is 0 Å². The van der Waals surface area contributed by atoms with E-state index in [1.807, 2.05) is 32.1 Å². The third kappa shape index (κ3) is 7.04. The molecule has 152 valence electrons. The van der Waals surface area contributed by atoms with Crippen molar-refractivity contribution in [2.45, 2.75) is 31.9 Å². The van der Waals surface area contributed by atoms with Gasteiger partial charge >= 0.3 is 0 Å². The Balaban J connectivity index is 0.00000312. The van der Waals surface area contributed by atoms with Gasteiger partial charge in [0, 0.05) is 38.9 Å². The summed E-state index contributed by atoms with van der Waals surface area (Å²) in [5.74, 6) is 0.604. The van der Waals surface area contributed by atoms with Crippen LogP contribution in [-0.4, -0.2) is 77.0 Å². The molecule has 9 heteroatoms. The predicted octanol–water partition coefficient (Wildman–Crippen LogP) is 1.08. The molecule has 2 atom stereocenters. The minimum absolute atomic E-state index is 0. The van der Waals surface area contributed by atoms with E-state index in [0.717, 1.165) is 44.6 Å². The van der Waals surface area contributed by atoms with Gasteiger partial charge in [-0.2, -0.15) is 5.10 Å². The van der Waals surface area contributed by atoms with Crippen molar-refractivity contribution in [2.75, 3.05) is 40.3 Å². The number of aromatic nitrogens is 2. The molecule has 0 aliphatic carbocycles. The number of carbonyl (C=O) groups excluding carboxylic acids is 1. The number of nitrogens with zero attached hydrogens (tertiary/aromatic N) is 4. The second-order valence-electron chi connectivity index (χ2n) is 6.98. The number of rotatable bonds is 7. The molecule has 1 saturated heterocycles. The largest absolute Gasteiger partial charge is 0.392 e. The van der Waals surface area contributed by atoms with Crippen molar-refractivity contribution in [3.8, 4) is 0 Å². The van der Waals surface area contributed by atoms with Crippen molar-refractivity contribution in [1.82, 2.24) is 24.9 Å². The number of likely N-dealkylation sites (tertiary alicyclic amines) is 1. The Morgan fingerprint density at radius 1 is 1.42 bits per heavy atom. The molecule has 0 aromatic carbocycles. The fraction of sp³-hybridized carbons (Fsp3) is 0.765. The molecule has 1 aliphatic rings. The van der Waals surface area contributed by atoms with Crippen LogP contribution < -0.4 is 5.32 Å². The van der Waals surface area contributed by atoms with E-state index in [-0.39, 0.29) is 42.9 Å². The number of aliphatic hydroxyl groups is 1. The number of amides is 1. The summed E-state index contributed by atoms with van der Waals surface area (Å²) >= 11 is 0. The first-order valence-corrected chi connectivity index (χ1v) is 8.72. The van der Waals surface area contributed by atoms with Gasteiger partial charge in [-0.05, 0) is 45.8 Å². The number of hydrogen-bond acceptors (Lipinski definition) is 5. The first kappa shape index (κ1) is 25.1. The number of aliphatic hydroxyl groups excluding tert-OH is 1. The lowest BCUT2D eigenvalue weighted by atomic mass is 9.95. The Bertz CT molecular complexity index is 533. The summed E-state index contributed by atoms with van der Waals surface area (Å²) in [6.45, 7) is 5.34. The van der Waals surface area contributed by atoms with Crippen LogP contribution in [0.3, 0.4) is 0 Å². The molecule has 2 N–H and O–H groups in total. The topological polar surface area (TPSA) is 73.6 Å². The van der Waals surface area contributed by atoms with Crippen LogP contribution in [0.25, 0.3) is 0 Å². The molecule has 1 fully saturated rings. The van der Waals surface area contributed by atoms with E-state index in [9.17, 15) is 9.90 Å². The second-order valence-corrected chi connectivity index (χ2v) is 6.98. The molecule has 1 aliphatic heterocycles. The lowest BCUT2D eigenvalue weighted by Gasteiger charge is -2.35. The molecule has 0 spiro atoms. The number of piperidine rings is 1. The average molecular weight is 410 g/mol. The maximum atomic E-state index is 12.8. The molecule has 2 heterocycles. The summed E-state index contributed by atoms with van der Waals surface area (Å²) in [6, 6.07) is -0.348. The SMILES string of the molecule is CNC(C(=O)N(C)CC1CCN(CC(C)O)CC1)c1cnn(C)c1.Cl.Cl. The lowest BCUT2D eigenvalue weighted by molar-refractivity contribution is -0.133. The molecule has 26 heavy (non-hydrogen) atoms. The molecule has 0 bridgehead atoms. The fourth-order valence-corrected chi connectivity index (χ4v) is 3.44. The standard InChI is InChI=1S/C17H31N5O2.2ClH/c1-13(23)10-22-7-5-14(6-8-22)11-20(3)17(24)16(18-2)15-9-19-21(4)12-15;;/h9,12-14,16,18,23H,5-8,10-11H2,1-4H3;2*1H. The van der Waals surface area contributed by atoms with Crippen LogP contribution >= 0.6 is 24.8 Å². The molecule has 1 amide bonds. The zero-order chi connectivity index (χ0) is 17.7. The van der Waals surface area contributed by atoms with Gasteiger partial charge in [0.05, 0.1) is 12.3 Å². The molecule has 0 saturated carbocycles. The third-order valence-corrected chi connectivity index (χ3v) is 4.73. The first-order valence-electron chi connectivity index (χ1n) is 8.72. The molecule has 7 nitrogen and oxygen atoms in total. The highest BCUT2D eigenvalue weighted by atomic mass is 35.5. The highest BCUT2D eigenvalue weighted by molar-refractivity contribution is 5.85. The van der Waals surface area contributed by atoms with Gasteiger partial charge in [-0.1, -0.05) is 0 Å². The summed E-state index contributed by atoms with van der Waals surface area (Å²) in [5, 5.41) is 16.7. The Labute approximate surface area is 168 Å². The van der Waals surface area contributed by atoms with Gasteiger partial charge in [-0.15, -0.1) is 24.8 Å². The molecule has 2 unspecified atom stereocenters. The van der Waals surface area contributed by atoms with E-state index >= 15 is 0 Å². The number of β-amino-alcohol motifs (C(OH)–C–C–N with tert-alkyl or cyclic N) is 1. The number of hydrogen-bond donors (Lipinski definition) is 2. The van der Waals surface area contributed by atoms with Crippen LogP contribution in [-0.2, 0) is 11.8 Å². The Morgan fingerprint density at radius 3 is 2.50 bits per heavy atom. The van der Waals surface area contributed by atoms with E-state index < -0.39 is 0 Å². The van der Waals surface area contributed by atoms with Gasteiger partial charge in [0.25, 0.3) is 0 Å². The second kappa shape index (κ2) is 11.8. The van der Waals surface area contributed by atoms with Gasteiger partial charge in [0.15, 0.2) is 0 Å². The van der Waals surface area contributed by atoms with Crippen molar-refractivity contribution < 1.29 is 9.90 Å². The van der Waals surface area contributed by atoms with Gasteiger partial charge < -0.3 is 20.2 Å². The molecular weight excluding hydrogens is 377 g/mol. The Kier molecular flexibility index (Phi) is 11.4. The normalized spacial score (nSPS) is 17.7. The van der Waals surface area contributed by atoms with Crippen molar-refractivity contribution in [3.05, 3.63) is 18.0 Å². The lowest BCUT2D eigenvalue weighted by Crippen LogP contribution is -2.43. The summed E-state index contributed by atoms with van der Waals surface area (Å²) in [5.41, 5.74) is 0.892. The molecule has 2 rings (SSSR count). The maximum absolute atomic E-state index is 12.8. The molecule has 1 aromatic heterocycles. The number of carbonyl (C=O) groups is 1. The van der Waals surface area contributed by atoms with Gasteiger partial charge in [-0.3, -0.25) is 9.48 Å². The zero-order valence-corrected chi connectivity index (χ0v) is 17.7. The van der Waals surface area contributed by atoms with Crippen LogP contribution in [0, 0.1) is 5.92 Å². The number of halogens is 2. The quantitative estimate of drug-likeness (QED) is 0.704. The Morgan fingerprint density at radius 2 is 2.04 bits per heavy atom. The number of likely N-dealkylation sites (N-methyl/N-ethyl adjacent to an activating group) is 2. The smallest absolute Gasteiger partial charge is 0.244 e. The zero-order valence-electron chi connectivity index (χ0n) is 16.1. The van der Waals surface area contributed by atoms with Gasteiger partial charge in [0.2, 0.25) is 5.91 Å². The summed E-state index contributed by atoms with van der Waals surface area (Å²) in [7, 11) is 5.54. The highest BCUT2D eigenvalue weighted by Gasteiger charge is 2.27. The third-order valence-electron chi connectivity index (χ3n) is 4.73. The van der Waals surface area contributed by atoms with E-state index in [1.54, 1.807) is 17.9 Å². The monoisotopic (exact) mass is 409 g/mol.